The Balaban J connectivity index is 1.15. The zero-order valence-corrected chi connectivity index (χ0v) is 19.5. The second-order valence-corrected chi connectivity index (χ2v) is 8.95. The van der Waals surface area contributed by atoms with Crippen LogP contribution in [-0.4, -0.2) is 66.7 Å². The van der Waals surface area contributed by atoms with Crippen LogP contribution in [0.3, 0.4) is 0 Å². The third-order valence-electron chi connectivity index (χ3n) is 5.94. The molecule has 0 radical (unpaired) electrons. The van der Waals surface area contributed by atoms with E-state index < -0.39 is 5.69 Å². The minimum Gasteiger partial charge on any atom is -0.497 e. The summed E-state index contributed by atoms with van der Waals surface area (Å²) in [5.41, 5.74) is 0.928. The molecule has 0 bridgehead atoms. The molecule has 10 heteroatoms. The Morgan fingerprint density at radius 1 is 1.09 bits per heavy atom. The topological polar surface area (TPSA) is 99.7 Å². The van der Waals surface area contributed by atoms with E-state index in [0.717, 1.165) is 49.5 Å². The van der Waals surface area contributed by atoms with E-state index in [1.165, 1.54) is 17.0 Å². The number of hydrogen-bond donors (Lipinski definition) is 2. The summed E-state index contributed by atoms with van der Waals surface area (Å²) in [6, 6.07) is 9.85. The van der Waals surface area contributed by atoms with Crippen LogP contribution >= 0.6 is 11.3 Å². The number of piperazine rings is 1. The lowest BCUT2D eigenvalue weighted by atomic mass is 10.2. The summed E-state index contributed by atoms with van der Waals surface area (Å²) in [5, 5.41) is 4.66. The first-order chi connectivity index (χ1) is 16.0. The van der Waals surface area contributed by atoms with Crippen LogP contribution in [0.25, 0.3) is 10.2 Å². The van der Waals surface area contributed by atoms with Crippen LogP contribution in [0.5, 0.6) is 5.75 Å². The SMILES string of the molecule is COc1ccc(N2CCN(CCCNC(=O)CCn3c(=O)[nH]c4ccsc4c3=O)CC2)cc1. The van der Waals surface area contributed by atoms with E-state index in [2.05, 4.69) is 32.2 Å². The molecule has 0 unspecified atom stereocenters. The molecule has 2 aromatic heterocycles. The van der Waals surface area contributed by atoms with E-state index in [9.17, 15) is 14.4 Å². The monoisotopic (exact) mass is 471 g/mol. The minimum atomic E-state index is -0.479. The van der Waals surface area contributed by atoms with E-state index in [1.54, 1.807) is 18.6 Å². The van der Waals surface area contributed by atoms with E-state index in [1.807, 2.05) is 12.1 Å². The molecule has 0 aliphatic carbocycles. The fourth-order valence-corrected chi connectivity index (χ4v) is 4.83. The Labute approximate surface area is 195 Å². The largest absolute Gasteiger partial charge is 0.497 e. The zero-order valence-electron chi connectivity index (χ0n) is 18.7. The number of carbonyl (C=O) groups is 1. The number of aromatic amines is 1. The predicted molar refractivity (Wildman–Crippen MR) is 131 cm³/mol. The summed E-state index contributed by atoms with van der Waals surface area (Å²) >= 11 is 1.28. The molecule has 1 fully saturated rings. The number of thiophene rings is 1. The van der Waals surface area contributed by atoms with Gasteiger partial charge in [0.15, 0.2) is 0 Å². The number of rotatable bonds is 9. The molecule has 0 saturated carbocycles. The van der Waals surface area contributed by atoms with Crippen molar-refractivity contribution in [3.05, 3.63) is 56.5 Å². The maximum absolute atomic E-state index is 12.4. The third-order valence-corrected chi connectivity index (χ3v) is 6.84. The van der Waals surface area contributed by atoms with Crippen LogP contribution in [0.1, 0.15) is 12.8 Å². The van der Waals surface area contributed by atoms with E-state index >= 15 is 0 Å². The van der Waals surface area contributed by atoms with Gasteiger partial charge < -0.3 is 19.9 Å². The number of anilines is 1. The van der Waals surface area contributed by atoms with Gasteiger partial charge >= 0.3 is 5.69 Å². The fraction of sp³-hybridized carbons (Fsp3) is 0.435. The molecule has 1 aliphatic rings. The van der Waals surface area contributed by atoms with Gasteiger partial charge in [0.1, 0.15) is 10.4 Å². The summed E-state index contributed by atoms with van der Waals surface area (Å²) in [4.78, 5) is 44.2. The van der Waals surface area contributed by atoms with Gasteiger partial charge in [-0.3, -0.25) is 19.1 Å². The average Bonchev–Trinajstić information content (AvgIpc) is 3.31. The lowest BCUT2D eigenvalue weighted by Crippen LogP contribution is -2.47. The molecule has 3 heterocycles. The van der Waals surface area contributed by atoms with Gasteiger partial charge in [-0.15, -0.1) is 11.3 Å². The molecule has 1 amide bonds. The number of aromatic nitrogens is 2. The molecular formula is C23H29N5O4S. The van der Waals surface area contributed by atoms with Gasteiger partial charge in [-0.25, -0.2) is 4.79 Å². The lowest BCUT2D eigenvalue weighted by molar-refractivity contribution is -0.121. The minimum absolute atomic E-state index is 0.0706. The molecule has 9 nitrogen and oxygen atoms in total. The normalized spacial score (nSPS) is 14.5. The van der Waals surface area contributed by atoms with Crippen molar-refractivity contribution in [3.8, 4) is 5.75 Å². The maximum atomic E-state index is 12.4. The number of nitrogens with zero attached hydrogens (tertiary/aromatic N) is 3. The summed E-state index contributed by atoms with van der Waals surface area (Å²) < 4.78 is 6.82. The number of benzene rings is 1. The van der Waals surface area contributed by atoms with Crippen LogP contribution in [0.2, 0.25) is 0 Å². The number of H-pyrrole nitrogens is 1. The second-order valence-electron chi connectivity index (χ2n) is 8.03. The Morgan fingerprint density at radius 3 is 2.58 bits per heavy atom. The Morgan fingerprint density at radius 2 is 1.85 bits per heavy atom. The first kappa shape index (κ1) is 23.1. The standard InChI is InChI=1S/C23H29N5O4S/c1-32-18-5-3-17(4-6-18)27-14-12-26(13-15-27)10-2-9-24-20(29)7-11-28-22(30)21-19(8-16-33-21)25-23(28)31/h3-6,8,16H,2,7,9-15H2,1H3,(H,24,29)(H,25,31). The van der Waals surface area contributed by atoms with E-state index in [-0.39, 0.29) is 24.4 Å². The summed E-state index contributed by atoms with van der Waals surface area (Å²) in [6.45, 7) is 5.47. The van der Waals surface area contributed by atoms with E-state index in [0.29, 0.717) is 16.8 Å². The fourth-order valence-electron chi connectivity index (χ4n) is 4.03. The molecule has 176 valence electrons. The Bertz CT molecular complexity index is 1190. The van der Waals surface area contributed by atoms with Crippen molar-refractivity contribution in [1.29, 1.82) is 0 Å². The summed E-state index contributed by atoms with van der Waals surface area (Å²) in [5.74, 6) is 0.707. The zero-order chi connectivity index (χ0) is 23.2. The average molecular weight is 472 g/mol. The molecule has 33 heavy (non-hydrogen) atoms. The van der Waals surface area contributed by atoms with Crippen LogP contribution in [0.4, 0.5) is 5.69 Å². The molecule has 4 rings (SSSR count). The van der Waals surface area contributed by atoms with Crippen LogP contribution in [0.15, 0.2) is 45.3 Å². The van der Waals surface area contributed by atoms with Crippen molar-refractivity contribution < 1.29 is 9.53 Å². The van der Waals surface area contributed by atoms with Gasteiger partial charge in [0.25, 0.3) is 5.56 Å². The molecule has 0 atom stereocenters. The van der Waals surface area contributed by atoms with Crippen LogP contribution in [-0.2, 0) is 11.3 Å². The molecule has 1 saturated heterocycles. The van der Waals surface area contributed by atoms with Crippen molar-refractivity contribution in [1.82, 2.24) is 19.8 Å². The maximum Gasteiger partial charge on any atom is 0.328 e. The predicted octanol–water partition coefficient (Wildman–Crippen LogP) is 1.48. The lowest BCUT2D eigenvalue weighted by Gasteiger charge is -2.36. The highest BCUT2D eigenvalue weighted by Crippen LogP contribution is 2.20. The number of hydrogen-bond acceptors (Lipinski definition) is 7. The molecule has 3 aromatic rings. The number of fused-ring (bicyclic) bond motifs is 1. The highest BCUT2D eigenvalue weighted by atomic mass is 32.1. The molecule has 1 aliphatic heterocycles. The molecule has 0 spiro atoms. The quantitative estimate of drug-likeness (QED) is 0.459. The number of amides is 1. The van der Waals surface area contributed by atoms with Crippen molar-refractivity contribution in [2.24, 2.45) is 0 Å². The Kier molecular flexibility index (Phi) is 7.46. The van der Waals surface area contributed by atoms with Gasteiger partial charge in [-0.1, -0.05) is 0 Å². The van der Waals surface area contributed by atoms with E-state index in [4.69, 9.17) is 4.74 Å². The van der Waals surface area contributed by atoms with Gasteiger partial charge in [0.05, 0.1) is 12.6 Å². The summed E-state index contributed by atoms with van der Waals surface area (Å²) in [6.07, 6.45) is 0.955. The van der Waals surface area contributed by atoms with Gasteiger partial charge in [0.2, 0.25) is 5.91 Å². The number of carbonyl (C=O) groups excluding carboxylic acids is 1. The Hall–Kier alpha value is -3.11. The highest BCUT2D eigenvalue weighted by molar-refractivity contribution is 7.17. The second kappa shape index (κ2) is 10.7. The summed E-state index contributed by atoms with van der Waals surface area (Å²) in [7, 11) is 1.67. The first-order valence-corrected chi connectivity index (χ1v) is 12.0. The van der Waals surface area contributed by atoms with Gasteiger partial charge in [0, 0.05) is 51.4 Å². The molecular weight excluding hydrogens is 442 g/mol. The smallest absolute Gasteiger partial charge is 0.328 e. The van der Waals surface area contributed by atoms with Crippen molar-refractivity contribution in [2.75, 3.05) is 51.3 Å². The molecule has 2 N–H and O–H groups in total. The molecule has 1 aromatic carbocycles. The highest BCUT2D eigenvalue weighted by Gasteiger charge is 2.17. The van der Waals surface area contributed by atoms with Crippen molar-refractivity contribution in [3.63, 3.8) is 0 Å². The van der Waals surface area contributed by atoms with Crippen molar-refractivity contribution >= 4 is 33.1 Å². The number of methoxy groups -OCH3 is 1. The van der Waals surface area contributed by atoms with Crippen LogP contribution < -0.4 is 26.2 Å². The van der Waals surface area contributed by atoms with Crippen LogP contribution in [0, 0.1) is 0 Å². The van der Waals surface area contributed by atoms with Gasteiger partial charge in [-0.2, -0.15) is 0 Å². The number of nitrogens with one attached hydrogen (secondary N) is 2. The van der Waals surface area contributed by atoms with Crippen molar-refractivity contribution in [2.45, 2.75) is 19.4 Å². The van der Waals surface area contributed by atoms with Gasteiger partial charge in [-0.05, 0) is 48.7 Å². The third kappa shape index (κ3) is 5.63. The first-order valence-electron chi connectivity index (χ1n) is 11.1. The number of ether oxygens (including phenoxy) is 1.